The molecule has 1 atom stereocenters. The third kappa shape index (κ3) is 3.76. The second-order valence-corrected chi connectivity index (χ2v) is 7.25. The summed E-state index contributed by atoms with van der Waals surface area (Å²) < 4.78 is 0. The topological polar surface area (TPSA) is 71.9 Å². The van der Waals surface area contributed by atoms with Crippen LogP contribution in [0.5, 0.6) is 0 Å². The Morgan fingerprint density at radius 2 is 2.07 bits per heavy atom. The first-order valence-corrected chi connectivity index (χ1v) is 9.57. The number of likely N-dealkylation sites (tertiary alicyclic amines) is 1. The summed E-state index contributed by atoms with van der Waals surface area (Å²) in [5.74, 6) is 0.313. The van der Waals surface area contributed by atoms with Crippen LogP contribution in [0.3, 0.4) is 0 Å². The fourth-order valence-electron chi connectivity index (χ4n) is 3.74. The van der Waals surface area contributed by atoms with Gasteiger partial charge in [0.05, 0.1) is 17.1 Å². The van der Waals surface area contributed by atoms with Gasteiger partial charge in [-0.2, -0.15) is 0 Å². The summed E-state index contributed by atoms with van der Waals surface area (Å²) in [6.45, 7) is 5.32. The van der Waals surface area contributed by atoms with E-state index in [0.29, 0.717) is 12.1 Å². The lowest BCUT2D eigenvalue weighted by Gasteiger charge is -2.32. The van der Waals surface area contributed by atoms with E-state index in [4.69, 9.17) is 0 Å². The lowest BCUT2D eigenvalue weighted by molar-refractivity contribution is 0.0706. The predicted octanol–water partition coefficient (Wildman–Crippen LogP) is 3.57. The van der Waals surface area contributed by atoms with Crippen LogP contribution in [-0.4, -0.2) is 43.8 Å². The number of carbonyl (C=O) groups excluding carboxylic acids is 1. The molecule has 4 rings (SSSR count). The Hall–Kier alpha value is -3.15. The van der Waals surface area contributed by atoms with E-state index in [9.17, 15) is 4.79 Å². The number of hydrogen-bond acceptors (Lipinski definition) is 5. The molecule has 0 bridgehead atoms. The summed E-state index contributed by atoms with van der Waals surface area (Å²) in [4.78, 5) is 32.5. The molecule has 0 N–H and O–H groups in total. The second-order valence-electron chi connectivity index (χ2n) is 7.25. The van der Waals surface area contributed by atoms with Crippen molar-refractivity contribution in [2.75, 3.05) is 13.1 Å². The third-order valence-corrected chi connectivity index (χ3v) is 5.19. The summed E-state index contributed by atoms with van der Waals surface area (Å²) in [5.41, 5.74) is 5.16. The molecule has 0 unspecified atom stereocenters. The van der Waals surface area contributed by atoms with E-state index in [0.717, 1.165) is 47.7 Å². The van der Waals surface area contributed by atoms with Gasteiger partial charge in [-0.15, -0.1) is 0 Å². The molecule has 1 saturated heterocycles. The molecule has 0 saturated carbocycles. The minimum atomic E-state index is 0.0545. The Kier molecular flexibility index (Phi) is 5.10. The minimum absolute atomic E-state index is 0.0545. The van der Waals surface area contributed by atoms with E-state index in [-0.39, 0.29) is 11.8 Å². The first-order valence-electron chi connectivity index (χ1n) is 9.57. The van der Waals surface area contributed by atoms with Crippen LogP contribution in [0.4, 0.5) is 0 Å². The fraction of sp³-hybridized carbons (Fsp3) is 0.318. The van der Waals surface area contributed by atoms with E-state index in [2.05, 4.69) is 19.9 Å². The summed E-state index contributed by atoms with van der Waals surface area (Å²) in [6.07, 6.45) is 7.11. The van der Waals surface area contributed by atoms with Gasteiger partial charge in [0, 0.05) is 48.2 Å². The number of aromatic nitrogens is 4. The number of amides is 1. The highest BCUT2D eigenvalue weighted by atomic mass is 16.2. The Balaban J connectivity index is 1.57. The van der Waals surface area contributed by atoms with Gasteiger partial charge in [0.15, 0.2) is 0 Å². The molecule has 0 spiro atoms. The maximum atomic E-state index is 13.2. The van der Waals surface area contributed by atoms with Crippen molar-refractivity contribution in [2.24, 2.45) is 0 Å². The molecule has 28 heavy (non-hydrogen) atoms. The molecule has 1 aromatic carbocycles. The number of benzene rings is 1. The Labute approximate surface area is 164 Å². The van der Waals surface area contributed by atoms with Gasteiger partial charge in [0.25, 0.3) is 5.91 Å². The maximum absolute atomic E-state index is 13.2. The first-order chi connectivity index (χ1) is 13.6. The van der Waals surface area contributed by atoms with Gasteiger partial charge in [0.1, 0.15) is 6.33 Å². The summed E-state index contributed by atoms with van der Waals surface area (Å²) in [6, 6.07) is 9.63. The largest absolute Gasteiger partial charge is 0.338 e. The molecule has 6 nitrogen and oxygen atoms in total. The average Bonchev–Trinajstić information content (AvgIpc) is 2.76. The zero-order valence-electron chi connectivity index (χ0n) is 16.2. The highest BCUT2D eigenvalue weighted by Gasteiger charge is 2.26. The number of aryl methyl sites for hydroxylation is 2. The van der Waals surface area contributed by atoms with Crippen LogP contribution in [0.2, 0.25) is 0 Å². The monoisotopic (exact) mass is 373 g/mol. The molecule has 3 aromatic rings. The Morgan fingerprint density at radius 1 is 1.18 bits per heavy atom. The average molecular weight is 373 g/mol. The number of nitrogens with zero attached hydrogens (tertiary/aromatic N) is 5. The van der Waals surface area contributed by atoms with Gasteiger partial charge in [-0.25, -0.2) is 15.0 Å². The van der Waals surface area contributed by atoms with Gasteiger partial charge in [-0.1, -0.05) is 12.1 Å². The van der Waals surface area contributed by atoms with Crippen LogP contribution in [0, 0.1) is 13.8 Å². The third-order valence-electron chi connectivity index (χ3n) is 5.19. The molecule has 1 aliphatic rings. The van der Waals surface area contributed by atoms with Crippen molar-refractivity contribution in [3.63, 3.8) is 0 Å². The molecule has 1 aliphatic heterocycles. The first kappa shape index (κ1) is 18.2. The van der Waals surface area contributed by atoms with Gasteiger partial charge in [-0.05, 0) is 44.9 Å². The minimum Gasteiger partial charge on any atom is -0.338 e. The smallest absolute Gasteiger partial charge is 0.253 e. The normalized spacial score (nSPS) is 16.8. The summed E-state index contributed by atoms with van der Waals surface area (Å²) in [5, 5.41) is 0. The van der Waals surface area contributed by atoms with Crippen LogP contribution >= 0.6 is 0 Å². The second kappa shape index (κ2) is 7.84. The van der Waals surface area contributed by atoms with Crippen molar-refractivity contribution >= 4 is 5.91 Å². The fourth-order valence-corrected chi connectivity index (χ4v) is 3.74. The molecule has 6 heteroatoms. The molecule has 1 fully saturated rings. The van der Waals surface area contributed by atoms with Gasteiger partial charge in [-0.3, -0.25) is 9.78 Å². The summed E-state index contributed by atoms with van der Waals surface area (Å²) >= 11 is 0. The molecule has 1 amide bonds. The van der Waals surface area contributed by atoms with Crippen LogP contribution in [0.1, 0.15) is 46.2 Å². The highest BCUT2D eigenvalue weighted by Crippen LogP contribution is 2.27. The van der Waals surface area contributed by atoms with Gasteiger partial charge in [0.2, 0.25) is 0 Å². The molecule has 0 aliphatic carbocycles. The zero-order chi connectivity index (χ0) is 19.5. The molecular weight excluding hydrogens is 350 g/mol. The molecule has 0 radical (unpaired) electrons. The van der Waals surface area contributed by atoms with E-state index >= 15 is 0 Å². The van der Waals surface area contributed by atoms with Crippen LogP contribution in [-0.2, 0) is 0 Å². The number of hydrogen-bond donors (Lipinski definition) is 0. The van der Waals surface area contributed by atoms with Crippen molar-refractivity contribution in [2.45, 2.75) is 32.6 Å². The highest BCUT2D eigenvalue weighted by molar-refractivity contribution is 5.95. The molecular formula is C22H23N5O. The number of carbonyl (C=O) groups is 1. The Morgan fingerprint density at radius 3 is 2.89 bits per heavy atom. The van der Waals surface area contributed by atoms with Crippen LogP contribution < -0.4 is 0 Å². The lowest BCUT2D eigenvalue weighted by Crippen LogP contribution is -2.39. The standard InChI is InChI=1S/C22H23N5O/c1-15-12-24-16(2)21(26-15)17-5-3-6-18(11-17)22(28)27-10-4-7-19(13-27)20-8-9-23-14-25-20/h3,5-6,8-9,11-12,14,19H,4,7,10,13H2,1-2H3/t19-/m0/s1. The lowest BCUT2D eigenvalue weighted by atomic mass is 9.94. The van der Waals surface area contributed by atoms with E-state index < -0.39 is 0 Å². The van der Waals surface area contributed by atoms with E-state index in [1.54, 1.807) is 18.7 Å². The van der Waals surface area contributed by atoms with E-state index in [1.807, 2.05) is 49.1 Å². The van der Waals surface area contributed by atoms with E-state index in [1.165, 1.54) is 0 Å². The summed E-state index contributed by atoms with van der Waals surface area (Å²) in [7, 11) is 0. The van der Waals surface area contributed by atoms with Crippen molar-refractivity contribution in [3.05, 3.63) is 71.7 Å². The van der Waals surface area contributed by atoms with Crippen molar-refractivity contribution in [1.82, 2.24) is 24.8 Å². The Bertz CT molecular complexity index is 989. The van der Waals surface area contributed by atoms with Crippen molar-refractivity contribution in [1.29, 1.82) is 0 Å². The number of rotatable bonds is 3. The predicted molar refractivity (Wildman–Crippen MR) is 107 cm³/mol. The van der Waals surface area contributed by atoms with Crippen LogP contribution in [0.25, 0.3) is 11.3 Å². The van der Waals surface area contributed by atoms with Gasteiger partial charge >= 0.3 is 0 Å². The molecule has 2 aromatic heterocycles. The van der Waals surface area contributed by atoms with Crippen LogP contribution in [0.15, 0.2) is 49.1 Å². The molecule has 3 heterocycles. The van der Waals surface area contributed by atoms with Crippen molar-refractivity contribution < 1.29 is 4.79 Å². The van der Waals surface area contributed by atoms with Gasteiger partial charge < -0.3 is 4.90 Å². The SMILES string of the molecule is Cc1cnc(C)c(-c2cccc(C(=O)N3CCC[C@H](c4ccncn4)C3)c2)n1. The quantitative estimate of drug-likeness (QED) is 0.702. The molecule has 142 valence electrons. The van der Waals surface area contributed by atoms with Crippen molar-refractivity contribution in [3.8, 4) is 11.3 Å². The maximum Gasteiger partial charge on any atom is 0.253 e. The number of piperidine rings is 1. The zero-order valence-corrected chi connectivity index (χ0v) is 16.2.